The number of benzene rings is 1. The third-order valence-corrected chi connectivity index (χ3v) is 4.48. The van der Waals surface area contributed by atoms with Gasteiger partial charge in [-0.25, -0.2) is 13.4 Å². The zero-order chi connectivity index (χ0) is 13.6. The van der Waals surface area contributed by atoms with E-state index in [1.54, 1.807) is 30.5 Å². The molecule has 19 heavy (non-hydrogen) atoms. The van der Waals surface area contributed by atoms with Gasteiger partial charge in [-0.05, 0) is 40.2 Å². The molecule has 0 radical (unpaired) electrons. The molecule has 1 N–H and O–H groups in total. The standard InChI is InChI=1S/C12H9BrN2O3S/c1-19(16,17)7-2-3-9-10(6-7)15-12(14-9)8-4-5-18-11(8)13/h2-6H,1H3,(H,14,15). The number of aromatic amines is 1. The Kier molecular flexibility index (Phi) is 2.75. The second-order valence-corrected chi connectivity index (χ2v) is 6.88. The summed E-state index contributed by atoms with van der Waals surface area (Å²) in [6, 6.07) is 6.58. The monoisotopic (exact) mass is 340 g/mol. The Labute approximate surface area is 117 Å². The lowest BCUT2D eigenvalue weighted by Gasteiger charge is -1.96. The van der Waals surface area contributed by atoms with Gasteiger partial charge in [0.25, 0.3) is 0 Å². The summed E-state index contributed by atoms with van der Waals surface area (Å²) in [6.45, 7) is 0. The number of halogens is 1. The molecule has 0 atom stereocenters. The lowest BCUT2D eigenvalue weighted by atomic mass is 10.3. The fraction of sp³-hybridized carbons (Fsp3) is 0.0833. The second-order valence-electron chi connectivity index (χ2n) is 4.14. The van der Waals surface area contributed by atoms with E-state index in [4.69, 9.17) is 4.42 Å². The van der Waals surface area contributed by atoms with Gasteiger partial charge in [-0.2, -0.15) is 0 Å². The zero-order valence-corrected chi connectivity index (χ0v) is 12.2. The van der Waals surface area contributed by atoms with E-state index in [0.29, 0.717) is 21.5 Å². The van der Waals surface area contributed by atoms with Crippen LogP contribution in [-0.4, -0.2) is 24.6 Å². The Morgan fingerprint density at radius 1 is 1.32 bits per heavy atom. The number of H-pyrrole nitrogens is 1. The fourth-order valence-corrected chi connectivity index (χ4v) is 2.88. The highest BCUT2D eigenvalue weighted by molar-refractivity contribution is 9.10. The fourth-order valence-electron chi connectivity index (χ4n) is 1.81. The first-order chi connectivity index (χ1) is 8.95. The molecule has 3 aromatic rings. The zero-order valence-electron chi connectivity index (χ0n) is 9.84. The van der Waals surface area contributed by atoms with Crippen LogP contribution in [0.4, 0.5) is 0 Å². The normalized spacial score (nSPS) is 12.1. The van der Waals surface area contributed by atoms with Crippen molar-refractivity contribution < 1.29 is 12.8 Å². The van der Waals surface area contributed by atoms with Crippen molar-refractivity contribution in [2.45, 2.75) is 4.90 Å². The maximum absolute atomic E-state index is 11.5. The number of nitrogens with zero attached hydrogens (tertiary/aromatic N) is 1. The molecule has 0 aliphatic carbocycles. The maximum Gasteiger partial charge on any atom is 0.179 e. The minimum atomic E-state index is -3.22. The van der Waals surface area contributed by atoms with Crippen LogP contribution in [0.5, 0.6) is 0 Å². The highest BCUT2D eigenvalue weighted by atomic mass is 79.9. The number of nitrogens with one attached hydrogen (secondary N) is 1. The van der Waals surface area contributed by atoms with Gasteiger partial charge in [0.15, 0.2) is 14.5 Å². The van der Waals surface area contributed by atoms with Gasteiger partial charge in [0.05, 0.1) is 27.8 Å². The van der Waals surface area contributed by atoms with Crippen molar-refractivity contribution in [3.05, 3.63) is 35.2 Å². The molecule has 5 nitrogen and oxygen atoms in total. The molecule has 7 heteroatoms. The number of imidazole rings is 1. The molecule has 0 unspecified atom stereocenters. The lowest BCUT2D eigenvalue weighted by Crippen LogP contribution is -1.96. The first kappa shape index (κ1) is 12.4. The van der Waals surface area contributed by atoms with Crippen LogP contribution in [0, 0.1) is 0 Å². The Balaban J connectivity index is 2.19. The minimum Gasteiger partial charge on any atom is -0.457 e. The molecular formula is C12H9BrN2O3S. The molecule has 0 saturated carbocycles. The van der Waals surface area contributed by atoms with E-state index in [0.717, 1.165) is 5.56 Å². The van der Waals surface area contributed by atoms with Crippen LogP contribution in [-0.2, 0) is 9.84 Å². The molecule has 0 amide bonds. The molecule has 0 fully saturated rings. The van der Waals surface area contributed by atoms with Gasteiger partial charge in [0.1, 0.15) is 5.82 Å². The number of sulfone groups is 1. The molecule has 0 saturated heterocycles. The average Bonchev–Trinajstić information content (AvgIpc) is 2.91. The van der Waals surface area contributed by atoms with Gasteiger partial charge in [0, 0.05) is 6.26 Å². The summed E-state index contributed by atoms with van der Waals surface area (Å²) in [5, 5.41) is 0. The van der Waals surface area contributed by atoms with Gasteiger partial charge >= 0.3 is 0 Å². The highest BCUT2D eigenvalue weighted by Gasteiger charge is 2.13. The van der Waals surface area contributed by atoms with Crippen LogP contribution in [0.2, 0.25) is 0 Å². The Morgan fingerprint density at radius 3 is 2.74 bits per heavy atom. The number of fused-ring (bicyclic) bond motifs is 1. The minimum absolute atomic E-state index is 0.265. The SMILES string of the molecule is CS(=O)(=O)c1ccc2nc(-c3ccoc3Br)[nH]c2c1. The largest absolute Gasteiger partial charge is 0.457 e. The number of furan rings is 1. The van der Waals surface area contributed by atoms with Crippen molar-refractivity contribution in [2.75, 3.05) is 6.26 Å². The van der Waals surface area contributed by atoms with E-state index in [1.165, 1.54) is 6.26 Å². The Bertz CT molecular complexity index is 864. The van der Waals surface area contributed by atoms with E-state index in [-0.39, 0.29) is 4.90 Å². The van der Waals surface area contributed by atoms with E-state index < -0.39 is 9.84 Å². The first-order valence-corrected chi connectivity index (χ1v) is 8.07. The third-order valence-electron chi connectivity index (χ3n) is 2.75. The lowest BCUT2D eigenvalue weighted by molar-refractivity contribution is 0.542. The third kappa shape index (κ3) is 2.19. The van der Waals surface area contributed by atoms with E-state index in [2.05, 4.69) is 25.9 Å². The van der Waals surface area contributed by atoms with Crippen LogP contribution in [0.15, 0.2) is 44.5 Å². The van der Waals surface area contributed by atoms with Crippen LogP contribution in [0.1, 0.15) is 0 Å². The molecule has 1 aromatic carbocycles. The van der Waals surface area contributed by atoms with Crippen LogP contribution in [0.3, 0.4) is 0 Å². The van der Waals surface area contributed by atoms with Gasteiger partial charge in [-0.3, -0.25) is 0 Å². The van der Waals surface area contributed by atoms with Crippen molar-refractivity contribution >= 4 is 36.8 Å². The van der Waals surface area contributed by atoms with Crippen LogP contribution >= 0.6 is 15.9 Å². The number of hydrogen-bond acceptors (Lipinski definition) is 4. The second kappa shape index (κ2) is 4.21. The molecule has 3 rings (SSSR count). The van der Waals surface area contributed by atoms with Crippen molar-refractivity contribution in [3.8, 4) is 11.4 Å². The summed E-state index contributed by atoms with van der Waals surface area (Å²) in [7, 11) is -3.22. The topological polar surface area (TPSA) is 76.0 Å². The molecule has 0 aliphatic rings. The van der Waals surface area contributed by atoms with Crippen molar-refractivity contribution in [2.24, 2.45) is 0 Å². The Morgan fingerprint density at radius 2 is 2.11 bits per heavy atom. The number of rotatable bonds is 2. The summed E-state index contributed by atoms with van der Waals surface area (Å²) in [5.41, 5.74) is 2.17. The number of aromatic nitrogens is 2. The smallest absolute Gasteiger partial charge is 0.179 e. The molecule has 98 valence electrons. The van der Waals surface area contributed by atoms with E-state index >= 15 is 0 Å². The summed E-state index contributed by atoms with van der Waals surface area (Å²) in [5.74, 6) is 0.626. The van der Waals surface area contributed by atoms with Gasteiger partial charge in [-0.15, -0.1) is 0 Å². The molecule has 0 aliphatic heterocycles. The van der Waals surface area contributed by atoms with Crippen molar-refractivity contribution in [3.63, 3.8) is 0 Å². The van der Waals surface area contributed by atoms with Gasteiger partial charge in [-0.1, -0.05) is 0 Å². The van der Waals surface area contributed by atoms with Gasteiger partial charge < -0.3 is 9.40 Å². The number of hydrogen-bond donors (Lipinski definition) is 1. The summed E-state index contributed by atoms with van der Waals surface area (Å²) < 4.78 is 28.8. The molecule has 0 spiro atoms. The first-order valence-electron chi connectivity index (χ1n) is 5.38. The predicted molar refractivity (Wildman–Crippen MR) is 74.6 cm³/mol. The highest BCUT2D eigenvalue weighted by Crippen LogP contribution is 2.29. The average molecular weight is 341 g/mol. The molecule has 2 heterocycles. The van der Waals surface area contributed by atoms with Crippen molar-refractivity contribution in [1.82, 2.24) is 9.97 Å². The molecular weight excluding hydrogens is 332 g/mol. The van der Waals surface area contributed by atoms with E-state index in [9.17, 15) is 8.42 Å². The molecule has 2 aromatic heterocycles. The quantitative estimate of drug-likeness (QED) is 0.777. The van der Waals surface area contributed by atoms with Crippen LogP contribution < -0.4 is 0 Å². The molecule has 0 bridgehead atoms. The maximum atomic E-state index is 11.5. The van der Waals surface area contributed by atoms with Crippen LogP contribution in [0.25, 0.3) is 22.4 Å². The Hall–Kier alpha value is -1.60. The summed E-state index contributed by atoms with van der Waals surface area (Å²) in [4.78, 5) is 7.75. The summed E-state index contributed by atoms with van der Waals surface area (Å²) >= 11 is 3.28. The summed E-state index contributed by atoms with van der Waals surface area (Å²) in [6.07, 6.45) is 2.73. The van der Waals surface area contributed by atoms with Gasteiger partial charge in [0.2, 0.25) is 0 Å². The van der Waals surface area contributed by atoms with Crippen molar-refractivity contribution in [1.29, 1.82) is 0 Å². The predicted octanol–water partition coefficient (Wildman–Crippen LogP) is 2.99. The van der Waals surface area contributed by atoms with E-state index in [1.807, 2.05) is 0 Å².